The van der Waals surface area contributed by atoms with Gasteiger partial charge in [0.1, 0.15) is 5.82 Å². The third-order valence-corrected chi connectivity index (χ3v) is 6.13. The lowest BCUT2D eigenvalue weighted by Crippen LogP contribution is -2.27. The first-order valence-corrected chi connectivity index (χ1v) is 10.5. The number of hydrogen-bond acceptors (Lipinski definition) is 3. The molecule has 1 fully saturated rings. The quantitative estimate of drug-likeness (QED) is 0.459. The number of amides is 2. The third kappa shape index (κ3) is 3.93. The van der Waals surface area contributed by atoms with Crippen LogP contribution >= 0.6 is 23.4 Å². The Labute approximate surface area is 182 Å². The van der Waals surface area contributed by atoms with Crippen LogP contribution in [0, 0.1) is 19.7 Å². The molecule has 0 bridgehead atoms. The summed E-state index contributed by atoms with van der Waals surface area (Å²) in [5, 5.41) is 0.304. The Balaban J connectivity index is 1.61. The highest BCUT2D eigenvalue weighted by atomic mass is 35.5. The zero-order valence-electron chi connectivity index (χ0n) is 16.4. The molecule has 2 heterocycles. The van der Waals surface area contributed by atoms with E-state index in [0.717, 1.165) is 40.0 Å². The minimum Gasteiger partial charge on any atom is -0.318 e. The molecule has 1 aliphatic heterocycles. The van der Waals surface area contributed by atoms with Gasteiger partial charge in [0.15, 0.2) is 0 Å². The van der Waals surface area contributed by atoms with Gasteiger partial charge in [-0.1, -0.05) is 23.7 Å². The van der Waals surface area contributed by atoms with Crippen LogP contribution in [0.5, 0.6) is 0 Å². The predicted molar refractivity (Wildman–Crippen MR) is 118 cm³/mol. The summed E-state index contributed by atoms with van der Waals surface area (Å²) in [6, 6.07) is 15.2. The van der Waals surface area contributed by atoms with Gasteiger partial charge in [-0.25, -0.2) is 4.39 Å². The highest BCUT2D eigenvalue weighted by Gasteiger charge is 2.35. The number of thioether (sulfide) groups is 1. The highest BCUT2D eigenvalue weighted by molar-refractivity contribution is 8.18. The van der Waals surface area contributed by atoms with Gasteiger partial charge in [-0.15, -0.1) is 0 Å². The number of carbonyl (C=O) groups is 2. The van der Waals surface area contributed by atoms with Crippen molar-refractivity contribution < 1.29 is 14.0 Å². The van der Waals surface area contributed by atoms with Crippen LogP contribution in [0.25, 0.3) is 11.8 Å². The monoisotopic (exact) mass is 440 g/mol. The van der Waals surface area contributed by atoms with Crippen LogP contribution in [0.1, 0.15) is 22.5 Å². The van der Waals surface area contributed by atoms with E-state index in [0.29, 0.717) is 9.93 Å². The number of halogens is 2. The van der Waals surface area contributed by atoms with E-state index in [4.69, 9.17) is 11.6 Å². The lowest BCUT2D eigenvalue weighted by atomic mass is 10.2. The second kappa shape index (κ2) is 8.13. The highest BCUT2D eigenvalue weighted by Crippen LogP contribution is 2.34. The number of hydrogen-bond donors (Lipinski definition) is 0. The van der Waals surface area contributed by atoms with Gasteiger partial charge in [0, 0.05) is 22.1 Å². The molecule has 4 nitrogen and oxygen atoms in total. The number of benzene rings is 2. The summed E-state index contributed by atoms with van der Waals surface area (Å²) in [5.74, 6) is -0.609. The molecule has 2 aromatic carbocycles. The van der Waals surface area contributed by atoms with Crippen molar-refractivity contribution in [2.45, 2.75) is 20.4 Å². The minimum absolute atomic E-state index is 0.202. The topological polar surface area (TPSA) is 42.3 Å². The maximum atomic E-state index is 13.3. The molecular weight excluding hydrogens is 423 g/mol. The number of aromatic nitrogens is 1. The molecule has 0 spiro atoms. The van der Waals surface area contributed by atoms with Crippen molar-refractivity contribution in [3.8, 4) is 5.69 Å². The molecular formula is C23H18ClFN2O2S. The van der Waals surface area contributed by atoms with Gasteiger partial charge in [0.05, 0.1) is 11.4 Å². The first-order chi connectivity index (χ1) is 14.3. The second-order valence-electron chi connectivity index (χ2n) is 7.03. The largest absolute Gasteiger partial charge is 0.318 e. The number of aryl methyl sites for hydroxylation is 1. The fourth-order valence-corrected chi connectivity index (χ4v) is 4.43. The SMILES string of the molecule is Cc1cc(/C=C2\SC(=O)N(Cc3ccc(Cl)cc3)C2=O)c(C)n1-c1ccc(F)cc1. The normalized spacial score (nSPS) is 15.5. The van der Waals surface area contributed by atoms with Crippen LogP contribution in [-0.2, 0) is 11.3 Å². The Morgan fingerprint density at radius 1 is 1.03 bits per heavy atom. The van der Waals surface area contributed by atoms with Crippen molar-refractivity contribution in [1.29, 1.82) is 0 Å². The number of carbonyl (C=O) groups excluding carboxylic acids is 2. The average Bonchev–Trinajstić information content (AvgIpc) is 3.14. The standard InChI is InChI=1S/C23H18ClFN2O2S/c1-14-11-17(15(2)27(14)20-9-7-19(25)8-10-20)12-21-22(28)26(23(29)30-21)13-16-3-5-18(24)6-4-16/h3-12H,13H2,1-2H3/b21-12-. The molecule has 0 radical (unpaired) electrons. The van der Waals surface area contributed by atoms with Crippen LogP contribution in [0.2, 0.25) is 5.02 Å². The molecule has 0 N–H and O–H groups in total. The number of nitrogens with zero attached hydrogens (tertiary/aromatic N) is 2. The molecule has 1 aromatic heterocycles. The third-order valence-electron chi connectivity index (χ3n) is 4.97. The van der Waals surface area contributed by atoms with Crippen molar-refractivity contribution in [2.75, 3.05) is 0 Å². The van der Waals surface area contributed by atoms with E-state index in [1.54, 1.807) is 42.5 Å². The first kappa shape index (κ1) is 20.4. The van der Waals surface area contributed by atoms with Crippen molar-refractivity contribution >= 4 is 40.6 Å². The minimum atomic E-state index is -0.313. The first-order valence-electron chi connectivity index (χ1n) is 9.28. The molecule has 0 atom stereocenters. The average molecular weight is 441 g/mol. The van der Waals surface area contributed by atoms with Crippen molar-refractivity contribution in [1.82, 2.24) is 9.47 Å². The Morgan fingerprint density at radius 3 is 2.37 bits per heavy atom. The summed E-state index contributed by atoms with van der Waals surface area (Å²) < 4.78 is 15.3. The molecule has 1 aliphatic rings. The van der Waals surface area contributed by atoms with E-state index in [2.05, 4.69) is 0 Å². The lowest BCUT2D eigenvalue weighted by molar-refractivity contribution is -0.123. The Bertz CT molecular complexity index is 1170. The summed E-state index contributed by atoms with van der Waals surface area (Å²) in [4.78, 5) is 26.9. The molecule has 0 saturated carbocycles. The Kier molecular flexibility index (Phi) is 5.54. The Morgan fingerprint density at radius 2 is 1.70 bits per heavy atom. The summed E-state index contributed by atoms with van der Waals surface area (Å²) in [5.41, 5.74) is 4.36. The zero-order valence-corrected chi connectivity index (χ0v) is 17.9. The molecule has 2 amide bonds. The molecule has 0 aliphatic carbocycles. The zero-order chi connectivity index (χ0) is 21.4. The molecule has 0 unspecified atom stereocenters. The van der Waals surface area contributed by atoms with Gasteiger partial charge in [-0.3, -0.25) is 14.5 Å². The van der Waals surface area contributed by atoms with E-state index in [-0.39, 0.29) is 23.5 Å². The number of imide groups is 1. The fourth-order valence-electron chi connectivity index (χ4n) is 3.47. The molecule has 152 valence electrons. The van der Waals surface area contributed by atoms with Crippen molar-refractivity contribution in [3.05, 3.63) is 92.9 Å². The van der Waals surface area contributed by atoms with Crippen LogP contribution in [-0.4, -0.2) is 20.6 Å². The van der Waals surface area contributed by atoms with E-state index in [1.165, 1.54) is 17.0 Å². The van der Waals surface area contributed by atoms with Crippen LogP contribution in [0.4, 0.5) is 9.18 Å². The molecule has 7 heteroatoms. The van der Waals surface area contributed by atoms with Crippen molar-refractivity contribution in [2.24, 2.45) is 0 Å². The van der Waals surface area contributed by atoms with E-state index < -0.39 is 0 Å². The molecule has 3 aromatic rings. The van der Waals surface area contributed by atoms with Gasteiger partial charge >= 0.3 is 0 Å². The van der Waals surface area contributed by atoms with Gasteiger partial charge < -0.3 is 4.57 Å². The van der Waals surface area contributed by atoms with Gasteiger partial charge in [0.2, 0.25) is 0 Å². The van der Waals surface area contributed by atoms with E-state index in [1.807, 2.05) is 24.5 Å². The molecule has 1 saturated heterocycles. The molecule has 4 rings (SSSR count). The van der Waals surface area contributed by atoms with Crippen LogP contribution in [0.3, 0.4) is 0 Å². The van der Waals surface area contributed by atoms with Gasteiger partial charge in [-0.05, 0) is 85.3 Å². The van der Waals surface area contributed by atoms with Crippen LogP contribution in [0.15, 0.2) is 59.5 Å². The summed E-state index contributed by atoms with van der Waals surface area (Å²) in [6.45, 7) is 4.08. The summed E-state index contributed by atoms with van der Waals surface area (Å²) in [7, 11) is 0. The van der Waals surface area contributed by atoms with Gasteiger partial charge in [-0.2, -0.15) is 0 Å². The summed E-state index contributed by atoms with van der Waals surface area (Å²) in [6.07, 6.45) is 1.75. The van der Waals surface area contributed by atoms with Crippen LogP contribution < -0.4 is 0 Å². The van der Waals surface area contributed by atoms with Gasteiger partial charge in [0.25, 0.3) is 11.1 Å². The molecule has 30 heavy (non-hydrogen) atoms. The lowest BCUT2D eigenvalue weighted by Gasteiger charge is -2.12. The summed E-state index contributed by atoms with van der Waals surface area (Å²) >= 11 is 6.83. The second-order valence-corrected chi connectivity index (χ2v) is 8.46. The number of rotatable bonds is 4. The maximum Gasteiger partial charge on any atom is 0.293 e. The van der Waals surface area contributed by atoms with E-state index >= 15 is 0 Å². The van der Waals surface area contributed by atoms with E-state index in [9.17, 15) is 14.0 Å². The smallest absolute Gasteiger partial charge is 0.293 e. The predicted octanol–water partition coefficient (Wildman–Crippen LogP) is 6.12. The van der Waals surface area contributed by atoms with Crippen molar-refractivity contribution in [3.63, 3.8) is 0 Å². The fraction of sp³-hybridized carbons (Fsp3) is 0.130. The Hall–Kier alpha value is -2.83. The maximum absolute atomic E-state index is 13.3.